The zero-order valence-electron chi connectivity index (χ0n) is 9.80. The Bertz CT molecular complexity index is 397. The van der Waals surface area contributed by atoms with Crippen molar-refractivity contribution >= 4 is 39.1 Å². The van der Waals surface area contributed by atoms with Gasteiger partial charge in [-0.25, -0.2) is 0 Å². The van der Waals surface area contributed by atoms with Crippen LogP contribution < -0.4 is 0 Å². The van der Waals surface area contributed by atoms with Crippen LogP contribution in [0.25, 0.3) is 0 Å². The molecule has 1 nitrogen and oxygen atoms in total. The molecule has 1 fully saturated rings. The first-order valence-electron chi connectivity index (χ1n) is 5.86. The molecular formula is C13H16BrCl2N. The minimum absolute atomic E-state index is 0.578. The second-order valence-corrected chi connectivity index (χ2v) is 6.77. The van der Waals surface area contributed by atoms with Crippen molar-refractivity contribution in [2.75, 3.05) is 13.1 Å². The summed E-state index contributed by atoms with van der Waals surface area (Å²) in [5.41, 5.74) is 1.12. The van der Waals surface area contributed by atoms with Gasteiger partial charge in [0.1, 0.15) is 0 Å². The van der Waals surface area contributed by atoms with Gasteiger partial charge in [-0.1, -0.05) is 46.1 Å². The third-order valence-electron chi connectivity index (χ3n) is 3.35. The van der Waals surface area contributed by atoms with E-state index in [1.54, 1.807) is 0 Å². The van der Waals surface area contributed by atoms with Crippen molar-refractivity contribution in [1.82, 2.24) is 4.90 Å². The fourth-order valence-corrected chi connectivity index (χ4v) is 3.18. The van der Waals surface area contributed by atoms with Crippen molar-refractivity contribution in [3.8, 4) is 0 Å². The van der Waals surface area contributed by atoms with Gasteiger partial charge in [-0.3, -0.25) is 4.90 Å². The van der Waals surface area contributed by atoms with Gasteiger partial charge >= 0.3 is 0 Å². The monoisotopic (exact) mass is 335 g/mol. The first-order chi connectivity index (χ1) is 8.06. The Labute approximate surface area is 121 Å². The van der Waals surface area contributed by atoms with Crippen LogP contribution in [0.15, 0.2) is 18.2 Å². The minimum Gasteiger partial charge on any atom is -0.298 e. The number of hydrogen-bond acceptors (Lipinski definition) is 1. The second-order valence-electron chi connectivity index (χ2n) is 4.75. The number of rotatable bonds is 2. The zero-order chi connectivity index (χ0) is 12.4. The highest BCUT2D eigenvalue weighted by Crippen LogP contribution is 2.27. The first kappa shape index (κ1) is 13.7. The number of halogens is 3. The normalized spacial score (nSPS) is 26.1. The maximum Gasteiger partial charge on any atom is 0.0452 e. The van der Waals surface area contributed by atoms with Crippen molar-refractivity contribution in [2.45, 2.75) is 24.7 Å². The van der Waals surface area contributed by atoms with Gasteiger partial charge in [0, 0.05) is 28.0 Å². The van der Waals surface area contributed by atoms with E-state index in [2.05, 4.69) is 27.8 Å². The van der Waals surface area contributed by atoms with Gasteiger partial charge in [0.05, 0.1) is 0 Å². The van der Waals surface area contributed by atoms with Gasteiger partial charge in [-0.2, -0.15) is 0 Å². The number of hydrogen-bond donors (Lipinski definition) is 0. The van der Waals surface area contributed by atoms with E-state index in [9.17, 15) is 0 Å². The molecule has 0 spiro atoms. The molecule has 1 heterocycles. The van der Waals surface area contributed by atoms with Gasteiger partial charge in [0.15, 0.2) is 0 Å². The average molecular weight is 337 g/mol. The van der Waals surface area contributed by atoms with Crippen LogP contribution in [0, 0.1) is 5.92 Å². The summed E-state index contributed by atoms with van der Waals surface area (Å²) in [5.74, 6) is 0.751. The molecule has 0 amide bonds. The average Bonchev–Trinajstić information content (AvgIpc) is 2.29. The van der Waals surface area contributed by atoms with E-state index in [1.165, 1.54) is 6.42 Å². The summed E-state index contributed by atoms with van der Waals surface area (Å²) in [5, 5.41) is 1.56. The molecule has 94 valence electrons. The van der Waals surface area contributed by atoms with E-state index < -0.39 is 0 Å². The van der Waals surface area contributed by atoms with E-state index in [-0.39, 0.29) is 0 Å². The maximum absolute atomic E-state index is 6.18. The number of nitrogens with zero attached hydrogens (tertiary/aromatic N) is 1. The molecular weight excluding hydrogens is 321 g/mol. The van der Waals surface area contributed by atoms with Crippen molar-refractivity contribution in [2.24, 2.45) is 5.92 Å². The number of alkyl halides is 1. The summed E-state index contributed by atoms with van der Waals surface area (Å²) in [6.45, 7) is 5.38. The van der Waals surface area contributed by atoms with Gasteiger partial charge in [0.25, 0.3) is 0 Å². The summed E-state index contributed by atoms with van der Waals surface area (Å²) in [7, 11) is 0. The van der Waals surface area contributed by atoms with Crippen LogP contribution in [-0.4, -0.2) is 22.8 Å². The Balaban J connectivity index is 2.03. The van der Waals surface area contributed by atoms with Crippen LogP contribution >= 0.6 is 39.1 Å². The molecule has 0 aliphatic carbocycles. The molecule has 17 heavy (non-hydrogen) atoms. The summed E-state index contributed by atoms with van der Waals surface area (Å²) >= 11 is 15.9. The highest BCUT2D eigenvalue weighted by atomic mass is 79.9. The van der Waals surface area contributed by atoms with Crippen molar-refractivity contribution in [1.29, 1.82) is 0 Å². The van der Waals surface area contributed by atoms with Crippen LogP contribution in [-0.2, 0) is 6.54 Å². The Hall–Kier alpha value is 0.240. The summed E-state index contributed by atoms with van der Waals surface area (Å²) < 4.78 is 0. The fraction of sp³-hybridized carbons (Fsp3) is 0.538. The molecule has 1 aliphatic heterocycles. The minimum atomic E-state index is 0.578. The largest absolute Gasteiger partial charge is 0.298 e. The van der Waals surface area contributed by atoms with Crippen LogP contribution in [0.5, 0.6) is 0 Å². The Morgan fingerprint density at radius 1 is 1.41 bits per heavy atom. The van der Waals surface area contributed by atoms with E-state index >= 15 is 0 Å². The molecule has 4 heteroatoms. The number of likely N-dealkylation sites (tertiary alicyclic amines) is 1. The molecule has 0 bridgehead atoms. The van der Waals surface area contributed by atoms with E-state index in [0.29, 0.717) is 4.83 Å². The Morgan fingerprint density at radius 2 is 2.18 bits per heavy atom. The van der Waals surface area contributed by atoms with Crippen molar-refractivity contribution < 1.29 is 0 Å². The summed E-state index contributed by atoms with van der Waals surface area (Å²) in [6.07, 6.45) is 1.23. The lowest BCUT2D eigenvalue weighted by Gasteiger charge is -2.34. The molecule has 1 aromatic rings. The lowest BCUT2D eigenvalue weighted by molar-refractivity contribution is 0.194. The second kappa shape index (κ2) is 5.92. The van der Waals surface area contributed by atoms with Gasteiger partial charge in [-0.15, -0.1) is 0 Å². The number of piperidine rings is 1. The number of benzene rings is 1. The van der Waals surface area contributed by atoms with Crippen LogP contribution in [0.2, 0.25) is 10.0 Å². The molecule has 2 rings (SSSR count). The maximum atomic E-state index is 6.18. The molecule has 1 saturated heterocycles. The Kier molecular flexibility index (Phi) is 4.76. The van der Waals surface area contributed by atoms with E-state index in [0.717, 1.165) is 41.2 Å². The molecule has 0 N–H and O–H groups in total. The third-order valence-corrected chi connectivity index (χ3v) is 5.15. The molecule has 2 atom stereocenters. The highest BCUT2D eigenvalue weighted by molar-refractivity contribution is 9.09. The molecule has 0 aromatic heterocycles. The van der Waals surface area contributed by atoms with E-state index in [1.807, 2.05) is 18.2 Å². The third kappa shape index (κ3) is 3.60. The smallest absolute Gasteiger partial charge is 0.0452 e. The Morgan fingerprint density at radius 3 is 2.88 bits per heavy atom. The van der Waals surface area contributed by atoms with Crippen LogP contribution in [0.3, 0.4) is 0 Å². The van der Waals surface area contributed by atoms with Gasteiger partial charge < -0.3 is 0 Å². The summed E-state index contributed by atoms with van der Waals surface area (Å²) in [4.78, 5) is 3.01. The van der Waals surface area contributed by atoms with Gasteiger partial charge in [-0.05, 0) is 42.6 Å². The van der Waals surface area contributed by atoms with Gasteiger partial charge in [0.2, 0.25) is 0 Å². The van der Waals surface area contributed by atoms with Crippen molar-refractivity contribution in [3.05, 3.63) is 33.8 Å². The predicted molar refractivity (Wildman–Crippen MR) is 78.2 cm³/mol. The summed E-state index contributed by atoms with van der Waals surface area (Å²) in [6, 6.07) is 5.67. The first-order valence-corrected chi connectivity index (χ1v) is 7.54. The van der Waals surface area contributed by atoms with E-state index in [4.69, 9.17) is 23.2 Å². The quantitative estimate of drug-likeness (QED) is 0.713. The topological polar surface area (TPSA) is 3.24 Å². The van der Waals surface area contributed by atoms with Crippen LogP contribution in [0.4, 0.5) is 0 Å². The van der Waals surface area contributed by atoms with Crippen LogP contribution in [0.1, 0.15) is 18.9 Å². The van der Waals surface area contributed by atoms with Crippen molar-refractivity contribution in [3.63, 3.8) is 0 Å². The predicted octanol–water partition coefficient (Wildman–Crippen LogP) is 4.60. The molecule has 1 aliphatic rings. The molecule has 2 unspecified atom stereocenters. The highest BCUT2D eigenvalue weighted by Gasteiger charge is 2.24. The lowest BCUT2D eigenvalue weighted by Crippen LogP contribution is -2.39. The lowest BCUT2D eigenvalue weighted by atomic mass is 9.98. The standard InChI is InChI=1S/C13H16BrCl2N/c1-9-4-5-17(8-12(9)14)7-10-6-11(15)2-3-13(10)16/h2-3,6,9,12H,4-5,7-8H2,1H3. The molecule has 0 saturated carbocycles. The molecule has 0 radical (unpaired) electrons. The zero-order valence-corrected chi connectivity index (χ0v) is 12.9. The SMILES string of the molecule is CC1CCN(Cc2cc(Cl)ccc2Cl)CC1Br. The fourth-order valence-electron chi connectivity index (χ4n) is 2.13. The molecule has 1 aromatic carbocycles.